The minimum Gasteiger partial charge on any atom is -0.462 e. The average molecular weight is 903 g/mol. The van der Waals surface area contributed by atoms with Gasteiger partial charge in [-0.1, -0.05) is 203 Å². The lowest BCUT2D eigenvalue weighted by molar-refractivity contribution is -0.162. The molecule has 0 fully saturated rings. The minimum atomic E-state index is -0.640. The highest BCUT2D eigenvalue weighted by Crippen LogP contribution is 2.07. The monoisotopic (exact) mass is 903 g/mol. The van der Waals surface area contributed by atoms with E-state index in [9.17, 15) is 9.59 Å². The van der Waals surface area contributed by atoms with E-state index in [1.165, 1.54) is 0 Å². The van der Waals surface area contributed by atoms with E-state index in [1.807, 2.05) is 6.08 Å². The molecule has 0 saturated carbocycles. The van der Waals surface area contributed by atoms with Gasteiger partial charge < -0.3 is 14.2 Å². The van der Waals surface area contributed by atoms with Crippen LogP contribution in [0.1, 0.15) is 162 Å². The van der Waals surface area contributed by atoms with Crippen LogP contribution in [0.2, 0.25) is 0 Å². The van der Waals surface area contributed by atoms with Crippen LogP contribution in [0.3, 0.4) is 0 Å². The van der Waals surface area contributed by atoms with E-state index in [1.54, 1.807) is 0 Å². The number of hydrogen-bond donors (Lipinski definition) is 0. The molecule has 5 nitrogen and oxygen atoms in total. The topological polar surface area (TPSA) is 61.8 Å². The molecule has 0 aliphatic heterocycles. The second-order valence-electron chi connectivity index (χ2n) is 15.6. The number of carbonyl (C=O) groups excluding carboxylic acids is 2. The van der Waals surface area contributed by atoms with Crippen LogP contribution >= 0.6 is 0 Å². The van der Waals surface area contributed by atoms with E-state index in [2.05, 4.69) is 197 Å². The Labute approximate surface area is 404 Å². The maximum Gasteiger partial charge on any atom is 0.306 e. The summed E-state index contributed by atoms with van der Waals surface area (Å²) in [6.45, 7) is 7.16. The molecule has 0 heterocycles. The second kappa shape index (κ2) is 54.3. The third-order valence-corrected chi connectivity index (χ3v) is 9.43. The first kappa shape index (κ1) is 61.0. The van der Waals surface area contributed by atoms with Crippen molar-refractivity contribution in [2.24, 2.45) is 0 Å². The number of ether oxygens (including phenoxy) is 3. The summed E-state index contributed by atoms with van der Waals surface area (Å²) < 4.78 is 17.2. The number of esters is 2. The summed E-state index contributed by atoms with van der Waals surface area (Å²) in [5.41, 5.74) is 0. The van der Waals surface area contributed by atoms with Crippen molar-refractivity contribution in [2.45, 2.75) is 168 Å². The summed E-state index contributed by atoms with van der Waals surface area (Å²) in [4.78, 5) is 25.4. The van der Waals surface area contributed by atoms with E-state index < -0.39 is 6.10 Å². The summed E-state index contributed by atoms with van der Waals surface area (Å²) >= 11 is 0. The van der Waals surface area contributed by atoms with Crippen molar-refractivity contribution >= 4 is 11.9 Å². The van der Waals surface area contributed by atoms with Gasteiger partial charge >= 0.3 is 11.9 Å². The van der Waals surface area contributed by atoms with Crippen LogP contribution in [0.4, 0.5) is 0 Å². The lowest BCUT2D eigenvalue weighted by Gasteiger charge is -2.18. The predicted molar refractivity (Wildman–Crippen MR) is 287 cm³/mol. The molecule has 364 valence electrons. The Balaban J connectivity index is 4.61. The summed E-state index contributed by atoms with van der Waals surface area (Å²) in [7, 11) is 0. The van der Waals surface area contributed by atoms with Gasteiger partial charge in [-0.25, -0.2) is 0 Å². The number of unbranched alkanes of at least 4 members (excludes halogenated alkanes) is 2. The van der Waals surface area contributed by atoms with Gasteiger partial charge in [-0.3, -0.25) is 9.59 Å². The molecule has 66 heavy (non-hydrogen) atoms. The molecule has 0 aliphatic rings. The summed E-state index contributed by atoms with van der Waals surface area (Å²) in [5, 5.41) is 0. The van der Waals surface area contributed by atoms with Gasteiger partial charge in [0.15, 0.2) is 6.10 Å². The van der Waals surface area contributed by atoms with E-state index in [4.69, 9.17) is 14.2 Å². The summed E-state index contributed by atoms with van der Waals surface area (Å²) in [5.74, 6) is -0.613. The smallest absolute Gasteiger partial charge is 0.306 e. The third kappa shape index (κ3) is 51.6. The molecule has 1 unspecified atom stereocenters. The van der Waals surface area contributed by atoms with E-state index in [0.717, 1.165) is 116 Å². The Bertz CT molecular complexity index is 1580. The van der Waals surface area contributed by atoms with Crippen LogP contribution in [0.25, 0.3) is 0 Å². The minimum absolute atomic E-state index is 0.0139. The summed E-state index contributed by atoms with van der Waals surface area (Å²) in [6.07, 6.45) is 83.6. The molecular weight excluding hydrogens is 813 g/mol. The maximum absolute atomic E-state index is 12.8. The van der Waals surface area contributed by atoms with Gasteiger partial charge in [-0.15, -0.1) is 0 Å². The molecule has 0 rings (SSSR count). The second-order valence-corrected chi connectivity index (χ2v) is 15.6. The van der Waals surface area contributed by atoms with Gasteiger partial charge in [-0.2, -0.15) is 0 Å². The fourth-order valence-corrected chi connectivity index (χ4v) is 5.81. The highest BCUT2D eigenvalue weighted by Gasteiger charge is 2.17. The predicted octanol–water partition coefficient (Wildman–Crippen LogP) is 17.4. The Hall–Kier alpha value is -5.00. The van der Waals surface area contributed by atoms with E-state index >= 15 is 0 Å². The highest BCUT2D eigenvalue weighted by molar-refractivity contribution is 5.70. The van der Waals surface area contributed by atoms with Crippen LogP contribution in [-0.2, 0) is 23.8 Å². The molecule has 0 saturated heterocycles. The molecule has 0 aromatic rings. The Morgan fingerprint density at radius 3 is 0.985 bits per heavy atom. The Kier molecular flexibility index (Phi) is 50.2. The third-order valence-electron chi connectivity index (χ3n) is 9.43. The molecular formula is C61H90O5. The Morgan fingerprint density at radius 2 is 0.636 bits per heavy atom. The largest absolute Gasteiger partial charge is 0.462 e. The zero-order chi connectivity index (χ0) is 47.7. The van der Waals surface area contributed by atoms with Gasteiger partial charge in [0.05, 0.1) is 6.61 Å². The van der Waals surface area contributed by atoms with Crippen LogP contribution < -0.4 is 0 Å². The van der Waals surface area contributed by atoms with Crippen molar-refractivity contribution in [2.75, 3.05) is 19.8 Å². The fourth-order valence-electron chi connectivity index (χ4n) is 5.81. The van der Waals surface area contributed by atoms with Crippen LogP contribution in [0.15, 0.2) is 182 Å². The lowest BCUT2D eigenvalue weighted by atomic mass is 10.2. The van der Waals surface area contributed by atoms with Gasteiger partial charge in [0.2, 0.25) is 0 Å². The number of allylic oxidation sites excluding steroid dienone is 30. The zero-order valence-electron chi connectivity index (χ0n) is 41.6. The maximum atomic E-state index is 12.8. The van der Waals surface area contributed by atoms with E-state index in [0.29, 0.717) is 25.9 Å². The normalized spacial score (nSPS) is 13.8. The molecule has 1 atom stereocenters. The van der Waals surface area contributed by atoms with Gasteiger partial charge in [0.25, 0.3) is 0 Å². The highest BCUT2D eigenvalue weighted by atomic mass is 16.6. The first-order valence-corrected chi connectivity index (χ1v) is 25.3. The molecule has 0 N–H and O–H groups in total. The number of rotatable bonds is 43. The van der Waals surface area contributed by atoms with Crippen molar-refractivity contribution in [1.82, 2.24) is 0 Å². The fraction of sp³-hybridized carbons (Fsp3) is 0.475. The molecule has 0 radical (unpaired) electrons. The van der Waals surface area contributed by atoms with Gasteiger partial charge in [0, 0.05) is 19.4 Å². The van der Waals surface area contributed by atoms with Crippen LogP contribution in [-0.4, -0.2) is 37.9 Å². The van der Waals surface area contributed by atoms with Crippen LogP contribution in [0, 0.1) is 0 Å². The molecule has 0 aromatic heterocycles. The molecule has 0 bridgehead atoms. The van der Waals surface area contributed by atoms with Gasteiger partial charge in [-0.05, 0) is 128 Å². The summed E-state index contributed by atoms with van der Waals surface area (Å²) in [6, 6.07) is 0. The Morgan fingerprint density at radius 1 is 0.333 bits per heavy atom. The average Bonchev–Trinajstić information content (AvgIpc) is 3.32. The number of carbonyl (C=O) groups is 2. The van der Waals surface area contributed by atoms with Crippen molar-refractivity contribution in [1.29, 1.82) is 0 Å². The molecule has 0 amide bonds. The van der Waals surface area contributed by atoms with Crippen molar-refractivity contribution in [3.05, 3.63) is 182 Å². The molecule has 0 spiro atoms. The number of hydrogen-bond acceptors (Lipinski definition) is 5. The standard InChI is InChI=1S/C61H90O5/c1-4-7-10-13-16-19-22-25-28-30-31-33-34-36-39-42-45-48-51-54-60(62)65-58-59(57-64-56-53-50-47-44-41-38-27-24-21-18-15-12-9-6-3)66-61(63)55-52-49-46-43-40-37-35-32-29-26-23-20-17-14-11-8-5-2/h7-12,16-21,25-29,31,33,35-39,43-48,59H,4-6,13-15,22-24,30,32,34,40-42,49-58H2,1-3H3/b10-7-,11-8-,12-9-,19-16-,20-17-,21-18-,28-25-,29-26-,33-31-,37-35-,38-27-,39-36-,46-43-,47-44-,48-45-. The van der Waals surface area contributed by atoms with Crippen molar-refractivity contribution in [3.63, 3.8) is 0 Å². The lowest BCUT2D eigenvalue weighted by Crippen LogP contribution is -2.30. The molecule has 0 aromatic carbocycles. The molecule has 5 heteroatoms. The quantitative estimate of drug-likeness (QED) is 0.0347. The van der Waals surface area contributed by atoms with Crippen LogP contribution in [0.5, 0.6) is 0 Å². The first-order valence-electron chi connectivity index (χ1n) is 25.3. The first-order chi connectivity index (χ1) is 32.6. The SMILES string of the molecule is CC/C=C\C/C=C\C/C=C\C/C=C\C/C=C\C/C=C\CCC(=O)OCC(COCCC/C=C\C/C=C\C/C=C\C/C=C\CC)OC(=O)CCC/C=C\C/C=C\C/C=C\C/C=C\C/C=C\CC. The van der Waals surface area contributed by atoms with E-state index in [-0.39, 0.29) is 31.6 Å². The van der Waals surface area contributed by atoms with Crippen molar-refractivity contribution < 1.29 is 23.8 Å². The zero-order valence-corrected chi connectivity index (χ0v) is 41.6. The van der Waals surface area contributed by atoms with Crippen molar-refractivity contribution in [3.8, 4) is 0 Å². The molecule has 0 aliphatic carbocycles. The van der Waals surface area contributed by atoms with Gasteiger partial charge in [0.1, 0.15) is 6.61 Å².